The van der Waals surface area contributed by atoms with Gasteiger partial charge in [0.1, 0.15) is 0 Å². The van der Waals surface area contributed by atoms with E-state index in [2.05, 4.69) is 9.68 Å². The van der Waals surface area contributed by atoms with E-state index in [0.29, 0.717) is 6.04 Å². The van der Waals surface area contributed by atoms with Crippen molar-refractivity contribution in [3.05, 3.63) is 0 Å². The maximum absolute atomic E-state index is 11.3. The first-order valence-corrected chi connectivity index (χ1v) is 4.98. The van der Waals surface area contributed by atoms with Gasteiger partial charge in [0.15, 0.2) is 5.92 Å². The Hall–Kier alpha value is -0.492. The zero-order valence-corrected chi connectivity index (χ0v) is 12.0. The third-order valence-electron chi connectivity index (χ3n) is 3.09. The average molecular weight is 426 g/mol. The van der Waals surface area contributed by atoms with E-state index in [4.69, 9.17) is 11.8 Å². The summed E-state index contributed by atoms with van der Waals surface area (Å²) in [6.45, 7) is 0. The van der Waals surface area contributed by atoms with E-state index >= 15 is 0 Å². The molecule has 0 aliphatic heterocycles. The molecule has 4 N–H and O–H groups in total. The van der Waals surface area contributed by atoms with Gasteiger partial charge < -0.3 is 14.6 Å². The van der Waals surface area contributed by atoms with Crippen LogP contribution in [0.2, 0.25) is 0 Å². The van der Waals surface area contributed by atoms with E-state index in [9.17, 15) is 9.59 Å². The molecule has 17 heavy (non-hydrogen) atoms. The van der Waals surface area contributed by atoms with Crippen molar-refractivity contribution >= 4 is 11.9 Å². The molecule has 0 bridgehead atoms. The molecule has 102 valence electrons. The monoisotopic (exact) mass is 426 g/mol. The molecule has 1 fully saturated rings. The molecule has 7 nitrogen and oxygen atoms in total. The first kappa shape index (κ1) is 16.5. The Balaban J connectivity index is 0.00000256. The van der Waals surface area contributed by atoms with Crippen molar-refractivity contribution in [2.45, 2.75) is 18.9 Å². The smallest absolute Gasteiger partial charge is 0.339 e. The van der Waals surface area contributed by atoms with Gasteiger partial charge in [0.05, 0.1) is 0 Å². The molecule has 1 rings (SSSR count). The molecule has 0 aromatic carbocycles. The first-order chi connectivity index (χ1) is 7.51. The molecule has 0 spiro atoms. The molecule has 0 atom stereocenters. The van der Waals surface area contributed by atoms with Crippen molar-refractivity contribution in [3.63, 3.8) is 0 Å². The first-order valence-electron chi connectivity index (χ1n) is 4.98. The summed E-state index contributed by atoms with van der Waals surface area (Å²) in [5.74, 6) is 6.83. The second-order valence-corrected chi connectivity index (χ2v) is 4.20. The number of nitrogens with two attached hydrogens (primary N) is 2. The predicted molar refractivity (Wildman–Crippen MR) is 54.2 cm³/mol. The number of hydrogen-bond acceptors (Lipinski definition) is 7. The van der Waals surface area contributed by atoms with Crippen LogP contribution < -0.4 is 11.8 Å². The van der Waals surface area contributed by atoms with E-state index in [1.807, 2.05) is 19.0 Å². The van der Waals surface area contributed by atoms with Crippen LogP contribution >= 0.6 is 0 Å². The topological polar surface area (TPSA) is 108 Å². The van der Waals surface area contributed by atoms with Gasteiger partial charge >= 0.3 is 11.9 Å². The summed E-state index contributed by atoms with van der Waals surface area (Å²) in [6.07, 6.45) is 1.45. The van der Waals surface area contributed by atoms with Crippen LogP contribution in [0.4, 0.5) is 0 Å². The minimum atomic E-state index is -1.01. The van der Waals surface area contributed by atoms with Gasteiger partial charge in [-0.1, -0.05) is 0 Å². The van der Waals surface area contributed by atoms with Crippen LogP contribution in [0.3, 0.4) is 0 Å². The third kappa shape index (κ3) is 3.74. The van der Waals surface area contributed by atoms with E-state index in [1.54, 1.807) is 0 Å². The van der Waals surface area contributed by atoms with Crippen molar-refractivity contribution in [2.75, 3.05) is 14.1 Å². The van der Waals surface area contributed by atoms with Crippen LogP contribution in [0.25, 0.3) is 0 Å². The molecule has 1 aliphatic rings. The van der Waals surface area contributed by atoms with Gasteiger partial charge in [-0.05, 0) is 32.9 Å². The molecule has 8 heteroatoms. The summed E-state index contributed by atoms with van der Waals surface area (Å²) in [6, 6.07) is 0.364. The fraction of sp³-hybridized carbons (Fsp3) is 0.778. The number of hydrogen-bond donors (Lipinski definition) is 2. The molecule has 0 aromatic heterocycles. The fourth-order valence-electron chi connectivity index (χ4n) is 1.95. The van der Waals surface area contributed by atoms with Gasteiger partial charge in [0, 0.05) is 27.1 Å². The van der Waals surface area contributed by atoms with E-state index < -0.39 is 17.9 Å². The third-order valence-corrected chi connectivity index (χ3v) is 3.09. The molecule has 0 radical (unpaired) electrons. The average Bonchev–Trinajstić information content (AvgIpc) is 2.19. The Morgan fingerprint density at radius 3 is 1.88 bits per heavy atom. The largest absolute Gasteiger partial charge is 0.373 e. The molecule has 0 heterocycles. The number of rotatable bonds is 4. The zero-order chi connectivity index (χ0) is 12.3. The SMILES string of the molecule is CN(C)C1CC(C(C(=O)ON)C(=O)ON)C1.[Pt]. The molecule has 0 aromatic rings. The summed E-state index contributed by atoms with van der Waals surface area (Å²) in [5.41, 5.74) is 0. The molecular formula is C9H17N3O4Pt. The van der Waals surface area contributed by atoms with Gasteiger partial charge in [-0.15, -0.1) is 0 Å². The maximum Gasteiger partial charge on any atom is 0.339 e. The van der Waals surface area contributed by atoms with Crippen LogP contribution in [0.5, 0.6) is 0 Å². The maximum atomic E-state index is 11.3. The van der Waals surface area contributed by atoms with Crippen molar-refractivity contribution in [3.8, 4) is 0 Å². The van der Waals surface area contributed by atoms with Crippen molar-refractivity contribution in [1.29, 1.82) is 0 Å². The van der Waals surface area contributed by atoms with Crippen LogP contribution in [-0.4, -0.2) is 37.0 Å². The van der Waals surface area contributed by atoms with Gasteiger partial charge in [-0.25, -0.2) is 9.59 Å². The minimum absolute atomic E-state index is 0. The Labute approximate surface area is 114 Å². The Morgan fingerprint density at radius 1 is 1.18 bits per heavy atom. The van der Waals surface area contributed by atoms with Crippen molar-refractivity contribution in [2.24, 2.45) is 23.6 Å². The van der Waals surface area contributed by atoms with Crippen molar-refractivity contribution < 1.29 is 40.3 Å². The zero-order valence-electron chi connectivity index (χ0n) is 9.70. The summed E-state index contributed by atoms with van der Waals surface area (Å²) < 4.78 is 0. The van der Waals surface area contributed by atoms with Crippen LogP contribution in [0, 0.1) is 11.8 Å². The molecular weight excluding hydrogens is 409 g/mol. The van der Waals surface area contributed by atoms with Gasteiger partial charge in [0.2, 0.25) is 0 Å². The van der Waals surface area contributed by atoms with E-state index in [1.165, 1.54) is 0 Å². The Morgan fingerprint density at radius 2 is 1.59 bits per heavy atom. The quantitative estimate of drug-likeness (QED) is 0.428. The van der Waals surface area contributed by atoms with Crippen LogP contribution in [0.15, 0.2) is 0 Å². The normalized spacial score (nSPS) is 22.7. The molecule has 1 aliphatic carbocycles. The summed E-state index contributed by atoms with van der Waals surface area (Å²) in [4.78, 5) is 32.8. The second kappa shape index (κ2) is 7.06. The molecule has 0 amide bonds. The Bertz CT molecular complexity index is 265. The second-order valence-electron chi connectivity index (χ2n) is 4.20. The van der Waals surface area contributed by atoms with E-state index in [-0.39, 0.29) is 27.0 Å². The summed E-state index contributed by atoms with van der Waals surface area (Å²) in [5, 5.41) is 0. The minimum Gasteiger partial charge on any atom is -0.373 e. The van der Waals surface area contributed by atoms with Gasteiger partial charge in [-0.2, -0.15) is 11.8 Å². The molecule has 0 unspecified atom stereocenters. The van der Waals surface area contributed by atoms with Gasteiger partial charge in [-0.3, -0.25) is 0 Å². The summed E-state index contributed by atoms with van der Waals surface area (Å²) in [7, 11) is 3.89. The standard InChI is InChI=1S/C9H17N3O4.Pt/c1-12(2)6-3-5(4-6)7(8(13)15-10)9(14)16-11;/h5-7H,3-4,10-11H2,1-2H3;. The molecule has 0 saturated heterocycles. The predicted octanol–water partition coefficient (Wildman–Crippen LogP) is -1.23. The van der Waals surface area contributed by atoms with Crippen LogP contribution in [-0.2, 0) is 40.3 Å². The summed E-state index contributed by atoms with van der Waals surface area (Å²) >= 11 is 0. The fourth-order valence-corrected chi connectivity index (χ4v) is 1.95. The Kier molecular flexibility index (Phi) is 6.85. The van der Waals surface area contributed by atoms with Crippen molar-refractivity contribution in [1.82, 2.24) is 4.90 Å². The van der Waals surface area contributed by atoms with Gasteiger partial charge in [0.25, 0.3) is 0 Å². The van der Waals surface area contributed by atoms with Crippen LogP contribution in [0.1, 0.15) is 12.8 Å². The van der Waals surface area contributed by atoms with E-state index in [0.717, 1.165) is 12.8 Å². The number of carbonyl (C=O) groups is 2. The number of carbonyl (C=O) groups excluding carboxylic acids is 2. The molecule has 1 saturated carbocycles. The number of nitrogens with zero attached hydrogens (tertiary/aromatic N) is 1.